The molecule has 0 aliphatic carbocycles. The molecule has 17 nitrogen and oxygen atoms in total. The summed E-state index contributed by atoms with van der Waals surface area (Å²) in [5.74, 6) is -0.292. The van der Waals surface area contributed by atoms with Gasteiger partial charge in [0.2, 0.25) is 0 Å². The lowest BCUT2D eigenvalue weighted by atomic mass is 10.3. The van der Waals surface area contributed by atoms with E-state index in [4.69, 9.17) is 8.83 Å². The van der Waals surface area contributed by atoms with Gasteiger partial charge >= 0.3 is 17.3 Å². The molecule has 5 heterocycles. The fraction of sp³-hybridized carbons (Fsp3) is 0.269. The number of aromatic nitrogens is 6. The maximum absolute atomic E-state index is 12.9. The number of hydrogen-bond acceptors (Lipinski definition) is 11. The highest BCUT2D eigenvalue weighted by atomic mass is 16.6. The van der Waals surface area contributed by atoms with Gasteiger partial charge in [-0.05, 0) is 58.0 Å². The molecule has 222 valence electrons. The molecule has 0 saturated carbocycles. The van der Waals surface area contributed by atoms with Crippen molar-refractivity contribution in [3.63, 3.8) is 0 Å². The number of carbonyl (C=O) groups is 2. The van der Waals surface area contributed by atoms with Crippen molar-refractivity contribution in [1.29, 1.82) is 0 Å². The van der Waals surface area contributed by atoms with Gasteiger partial charge in [-0.2, -0.15) is 15.3 Å². The first-order valence-electron chi connectivity index (χ1n) is 12.8. The molecular weight excluding hydrogens is 566 g/mol. The van der Waals surface area contributed by atoms with Crippen molar-refractivity contribution in [2.24, 2.45) is 0 Å². The maximum Gasteiger partial charge on any atom is 0.313 e. The zero-order valence-electron chi connectivity index (χ0n) is 23.4. The highest BCUT2D eigenvalue weighted by molar-refractivity contribution is 5.93. The second-order valence-electron chi connectivity index (χ2n) is 9.64. The van der Waals surface area contributed by atoms with Crippen LogP contribution in [0.2, 0.25) is 0 Å². The molecule has 0 aliphatic heterocycles. The molecule has 1 amide bonds. The fourth-order valence-corrected chi connectivity index (χ4v) is 4.61. The molecule has 1 N–H and O–H groups in total. The Bertz CT molecular complexity index is 1890. The molecule has 5 aromatic heterocycles. The monoisotopic (exact) mass is 591 g/mol. The minimum absolute atomic E-state index is 0.000718. The van der Waals surface area contributed by atoms with Crippen LogP contribution in [0.5, 0.6) is 0 Å². The predicted molar refractivity (Wildman–Crippen MR) is 145 cm³/mol. The molecule has 0 aromatic carbocycles. The third-order valence-corrected chi connectivity index (χ3v) is 6.70. The smallest absolute Gasteiger partial charge is 0.313 e. The SMILES string of the molecule is Cc1nn(Cc2ccc(C(=O)NCc3ccn(C(=O)c4ccc(Cn5nc(C)c([N+](=O)[O-])c5C)o4)n3)o2)c(C)c1[N+](=O)[O-]. The lowest BCUT2D eigenvalue weighted by molar-refractivity contribution is -0.386. The topological polar surface area (TPSA) is 212 Å². The number of nitrogens with one attached hydrogen (secondary N) is 1. The number of amides is 1. The van der Waals surface area contributed by atoms with E-state index in [-0.39, 0.29) is 53.9 Å². The van der Waals surface area contributed by atoms with Crippen LogP contribution in [-0.2, 0) is 19.6 Å². The molecular formula is C26H25N9O8. The van der Waals surface area contributed by atoms with Gasteiger partial charge in [0, 0.05) is 6.20 Å². The molecule has 0 saturated heterocycles. The van der Waals surface area contributed by atoms with Gasteiger partial charge < -0.3 is 14.2 Å². The summed E-state index contributed by atoms with van der Waals surface area (Å²) < 4.78 is 15.2. The molecule has 0 fully saturated rings. The van der Waals surface area contributed by atoms with Crippen LogP contribution in [0.3, 0.4) is 0 Å². The lowest BCUT2D eigenvalue weighted by Gasteiger charge is -2.02. The van der Waals surface area contributed by atoms with Crippen LogP contribution in [0.1, 0.15) is 61.1 Å². The standard InChI is InChI=1S/C26H25N9O8/c1-14-23(34(38)39)16(3)32(28-14)12-19-5-7-21(42-19)25(36)27-11-18-9-10-31(30-18)26(37)22-8-6-20(43-22)13-33-17(4)24(35(40)41)15(2)29-33/h5-10H,11-13H2,1-4H3,(H,27,36). The van der Waals surface area contributed by atoms with E-state index in [2.05, 4.69) is 20.6 Å². The van der Waals surface area contributed by atoms with Crippen molar-refractivity contribution in [2.45, 2.75) is 47.3 Å². The summed E-state index contributed by atoms with van der Waals surface area (Å²) in [5.41, 5.74) is 1.56. The minimum Gasteiger partial charge on any atom is -0.454 e. The largest absolute Gasteiger partial charge is 0.454 e. The Morgan fingerprint density at radius 1 is 0.791 bits per heavy atom. The average molecular weight is 592 g/mol. The Balaban J connectivity index is 1.18. The highest BCUT2D eigenvalue weighted by Crippen LogP contribution is 2.24. The van der Waals surface area contributed by atoms with E-state index in [1.807, 2.05) is 0 Å². The van der Waals surface area contributed by atoms with Gasteiger partial charge in [-0.25, -0.2) is 4.68 Å². The van der Waals surface area contributed by atoms with Gasteiger partial charge in [0.25, 0.3) is 5.91 Å². The molecule has 0 atom stereocenters. The van der Waals surface area contributed by atoms with Gasteiger partial charge in [0.15, 0.2) is 11.5 Å². The summed E-state index contributed by atoms with van der Waals surface area (Å²) in [6.07, 6.45) is 1.43. The fourth-order valence-electron chi connectivity index (χ4n) is 4.61. The zero-order valence-corrected chi connectivity index (χ0v) is 23.4. The van der Waals surface area contributed by atoms with Crippen molar-refractivity contribution >= 4 is 23.2 Å². The minimum atomic E-state index is -0.553. The van der Waals surface area contributed by atoms with Crippen molar-refractivity contribution in [3.8, 4) is 0 Å². The quantitative estimate of drug-likeness (QED) is 0.184. The summed E-state index contributed by atoms with van der Waals surface area (Å²) in [4.78, 5) is 47.0. The Kier molecular flexibility index (Phi) is 7.45. The first-order valence-corrected chi connectivity index (χ1v) is 12.8. The summed E-state index contributed by atoms with van der Waals surface area (Å²) in [5, 5.41) is 37.7. The number of hydrogen-bond donors (Lipinski definition) is 1. The molecule has 0 radical (unpaired) electrons. The number of furan rings is 2. The van der Waals surface area contributed by atoms with Crippen LogP contribution in [0.15, 0.2) is 45.4 Å². The maximum atomic E-state index is 12.9. The predicted octanol–water partition coefficient (Wildman–Crippen LogP) is 3.23. The van der Waals surface area contributed by atoms with E-state index in [1.54, 1.807) is 45.9 Å². The van der Waals surface area contributed by atoms with Crippen LogP contribution >= 0.6 is 0 Å². The van der Waals surface area contributed by atoms with Gasteiger partial charge in [0.05, 0.1) is 35.2 Å². The van der Waals surface area contributed by atoms with Crippen LogP contribution < -0.4 is 5.32 Å². The van der Waals surface area contributed by atoms with E-state index in [1.165, 1.54) is 27.7 Å². The third kappa shape index (κ3) is 5.67. The molecule has 5 rings (SSSR count). The second kappa shape index (κ2) is 11.2. The van der Waals surface area contributed by atoms with Crippen molar-refractivity contribution in [1.82, 2.24) is 34.7 Å². The number of carbonyl (C=O) groups excluding carboxylic acids is 2. The van der Waals surface area contributed by atoms with Crippen molar-refractivity contribution in [3.05, 3.63) is 108 Å². The van der Waals surface area contributed by atoms with Crippen LogP contribution in [0, 0.1) is 47.9 Å². The summed E-state index contributed by atoms with van der Waals surface area (Å²) in [7, 11) is 0. The zero-order chi connectivity index (χ0) is 31.0. The van der Waals surface area contributed by atoms with E-state index >= 15 is 0 Å². The van der Waals surface area contributed by atoms with Crippen LogP contribution in [0.25, 0.3) is 0 Å². The highest BCUT2D eigenvalue weighted by Gasteiger charge is 2.24. The first kappa shape index (κ1) is 28.7. The number of aryl methyl sites for hydroxylation is 2. The Labute approximate surface area is 242 Å². The van der Waals surface area contributed by atoms with Crippen LogP contribution in [0.4, 0.5) is 11.4 Å². The van der Waals surface area contributed by atoms with Gasteiger partial charge in [0.1, 0.15) is 34.3 Å². The summed E-state index contributed by atoms with van der Waals surface area (Å²) in [6, 6.07) is 7.66. The molecule has 17 heteroatoms. The van der Waals surface area contributed by atoms with E-state index in [9.17, 15) is 29.8 Å². The average Bonchev–Trinajstić information content (AvgIpc) is 3.76. The van der Waals surface area contributed by atoms with E-state index < -0.39 is 21.7 Å². The Morgan fingerprint density at radius 3 is 1.81 bits per heavy atom. The molecule has 0 aliphatic rings. The van der Waals surface area contributed by atoms with Crippen LogP contribution in [-0.4, -0.2) is 51.0 Å². The number of rotatable bonds is 10. The van der Waals surface area contributed by atoms with E-state index in [0.717, 1.165) is 4.68 Å². The molecule has 0 bridgehead atoms. The summed E-state index contributed by atoms with van der Waals surface area (Å²) >= 11 is 0. The normalized spacial score (nSPS) is 11.2. The lowest BCUT2D eigenvalue weighted by Crippen LogP contribution is -2.23. The molecule has 43 heavy (non-hydrogen) atoms. The molecule has 5 aromatic rings. The Hall–Kier alpha value is -5.87. The van der Waals surface area contributed by atoms with E-state index in [0.29, 0.717) is 28.6 Å². The molecule has 0 spiro atoms. The third-order valence-electron chi connectivity index (χ3n) is 6.70. The van der Waals surface area contributed by atoms with Crippen molar-refractivity contribution < 1.29 is 28.3 Å². The molecule has 0 unspecified atom stereocenters. The number of nitrogens with zero attached hydrogens (tertiary/aromatic N) is 8. The number of nitro groups is 2. The van der Waals surface area contributed by atoms with Gasteiger partial charge in [-0.3, -0.25) is 39.2 Å². The second-order valence-corrected chi connectivity index (χ2v) is 9.64. The Morgan fingerprint density at radius 2 is 1.30 bits per heavy atom. The van der Waals surface area contributed by atoms with Crippen molar-refractivity contribution in [2.75, 3.05) is 0 Å². The first-order chi connectivity index (χ1) is 20.4. The van der Waals surface area contributed by atoms with Gasteiger partial charge in [-0.1, -0.05) is 0 Å². The van der Waals surface area contributed by atoms with Gasteiger partial charge in [-0.15, -0.1) is 0 Å². The summed E-state index contributed by atoms with van der Waals surface area (Å²) in [6.45, 7) is 6.46.